The summed E-state index contributed by atoms with van der Waals surface area (Å²) in [6.07, 6.45) is 2.81. The van der Waals surface area contributed by atoms with Crippen molar-refractivity contribution in [2.24, 2.45) is 5.10 Å². The van der Waals surface area contributed by atoms with Crippen LogP contribution in [0.3, 0.4) is 0 Å². The van der Waals surface area contributed by atoms with Crippen LogP contribution < -0.4 is 15.0 Å². The molecule has 2 heterocycles. The molecule has 0 fully saturated rings. The molecule has 0 N–H and O–H groups in total. The summed E-state index contributed by atoms with van der Waals surface area (Å²) in [6, 6.07) is 17.6. The molecule has 0 aliphatic rings. The minimum atomic E-state index is -0.860. The molecular weight excluding hydrogens is 558 g/mol. The molecular formula is C32H28ClN3O6. The summed E-state index contributed by atoms with van der Waals surface area (Å²) < 4.78 is 23.9. The van der Waals surface area contributed by atoms with Gasteiger partial charge in [0.15, 0.2) is 23.4 Å². The molecule has 214 valence electrons. The van der Waals surface area contributed by atoms with Gasteiger partial charge >= 0.3 is 5.97 Å². The van der Waals surface area contributed by atoms with Gasteiger partial charge in [-0.1, -0.05) is 29.8 Å². The number of aromatic nitrogens is 2. The Kier molecular flexibility index (Phi) is 8.40. The van der Waals surface area contributed by atoms with Gasteiger partial charge in [-0.25, -0.2) is 9.78 Å². The first-order valence-corrected chi connectivity index (χ1v) is 13.6. The van der Waals surface area contributed by atoms with Crippen molar-refractivity contribution >= 4 is 45.7 Å². The van der Waals surface area contributed by atoms with Crippen LogP contribution in [0.15, 0.2) is 87.6 Å². The summed E-state index contributed by atoms with van der Waals surface area (Å²) >= 11 is 6.17. The number of carbonyl (C=O) groups is 1. The zero-order chi connectivity index (χ0) is 29.8. The van der Waals surface area contributed by atoms with E-state index in [0.717, 1.165) is 5.39 Å². The zero-order valence-electron chi connectivity index (χ0n) is 23.3. The van der Waals surface area contributed by atoms with Crippen molar-refractivity contribution < 1.29 is 23.4 Å². The standard InChI is InChI=1S/C32H28ClN3O6/c1-5-9-21-14-20(15-27(40-6-2)29(21)41-19(3)32(38)39-4)18-34-36-30(35-25-11-8-7-10-24(25)31(36)37)28-17-22-16-23(33)12-13-26(22)42-28/h5,7-8,10-19H,1,6,9H2,2-4H3/t19-/m0/s1. The zero-order valence-corrected chi connectivity index (χ0v) is 24.1. The smallest absolute Gasteiger partial charge is 0.346 e. The molecule has 0 aliphatic carbocycles. The number of rotatable bonds is 10. The average molecular weight is 586 g/mol. The third-order valence-corrected chi connectivity index (χ3v) is 6.66. The fraction of sp³-hybridized carbons (Fsp3) is 0.188. The highest BCUT2D eigenvalue weighted by molar-refractivity contribution is 6.31. The van der Waals surface area contributed by atoms with Crippen LogP contribution in [0.4, 0.5) is 0 Å². The minimum absolute atomic E-state index is 0.227. The fourth-order valence-electron chi connectivity index (χ4n) is 4.49. The number of esters is 1. The molecule has 0 saturated carbocycles. The lowest BCUT2D eigenvalue weighted by atomic mass is 10.1. The number of benzene rings is 3. The molecule has 0 unspecified atom stereocenters. The van der Waals surface area contributed by atoms with Gasteiger partial charge in [0.2, 0.25) is 5.82 Å². The SMILES string of the molecule is C=CCc1cc(C=Nn2c(-c3cc4cc(Cl)ccc4o3)nc3ccccc3c2=O)cc(OCC)c1O[C@@H](C)C(=O)OC. The third kappa shape index (κ3) is 5.77. The van der Waals surface area contributed by atoms with E-state index in [2.05, 4.69) is 11.7 Å². The first-order valence-electron chi connectivity index (χ1n) is 13.2. The van der Waals surface area contributed by atoms with Gasteiger partial charge in [-0.05, 0) is 74.4 Å². The molecule has 10 heteroatoms. The summed E-state index contributed by atoms with van der Waals surface area (Å²) in [5, 5.41) is 6.29. The Bertz CT molecular complexity index is 1890. The van der Waals surface area contributed by atoms with Crippen molar-refractivity contribution in [3.63, 3.8) is 0 Å². The summed E-state index contributed by atoms with van der Waals surface area (Å²) in [7, 11) is 1.30. The molecule has 5 rings (SSSR count). The summed E-state index contributed by atoms with van der Waals surface area (Å²) in [5.74, 6) is 0.877. The van der Waals surface area contributed by atoms with Crippen molar-refractivity contribution in [2.45, 2.75) is 26.4 Å². The molecule has 0 aliphatic heterocycles. The van der Waals surface area contributed by atoms with Gasteiger partial charge in [-0.3, -0.25) is 4.79 Å². The Balaban J connectivity index is 1.64. The van der Waals surface area contributed by atoms with Gasteiger partial charge in [0.25, 0.3) is 5.56 Å². The second-order valence-electron chi connectivity index (χ2n) is 9.32. The van der Waals surface area contributed by atoms with E-state index in [1.165, 1.54) is 18.0 Å². The van der Waals surface area contributed by atoms with E-state index in [1.54, 1.807) is 61.5 Å². The van der Waals surface area contributed by atoms with E-state index in [0.29, 0.717) is 62.9 Å². The molecule has 5 aromatic rings. The van der Waals surface area contributed by atoms with Crippen molar-refractivity contribution in [3.8, 4) is 23.1 Å². The summed E-state index contributed by atoms with van der Waals surface area (Å²) in [6.45, 7) is 7.63. The van der Waals surface area contributed by atoms with Crippen LogP contribution in [0.25, 0.3) is 33.5 Å². The first kappa shape index (κ1) is 28.6. The quantitative estimate of drug-likeness (QED) is 0.106. The van der Waals surface area contributed by atoms with Gasteiger partial charge in [0, 0.05) is 16.0 Å². The Morgan fingerprint density at radius 2 is 2.00 bits per heavy atom. The monoisotopic (exact) mass is 585 g/mol. The molecule has 2 aromatic heterocycles. The van der Waals surface area contributed by atoms with Crippen LogP contribution in [-0.4, -0.2) is 41.7 Å². The molecule has 0 saturated heterocycles. The maximum atomic E-state index is 13.7. The first-order chi connectivity index (χ1) is 20.3. The molecule has 0 radical (unpaired) electrons. The predicted molar refractivity (Wildman–Crippen MR) is 163 cm³/mol. The van der Waals surface area contributed by atoms with Crippen LogP contribution in [0.1, 0.15) is 25.0 Å². The van der Waals surface area contributed by atoms with Gasteiger partial charge in [0.05, 0.1) is 30.8 Å². The van der Waals surface area contributed by atoms with E-state index in [1.807, 2.05) is 19.1 Å². The van der Waals surface area contributed by atoms with Gasteiger partial charge in [-0.15, -0.1) is 6.58 Å². The predicted octanol–water partition coefficient (Wildman–Crippen LogP) is 6.41. The normalized spacial score (nSPS) is 12.1. The lowest BCUT2D eigenvalue weighted by molar-refractivity contribution is -0.147. The number of para-hydroxylation sites is 1. The number of allylic oxidation sites excluding steroid dienone is 1. The van der Waals surface area contributed by atoms with E-state index in [-0.39, 0.29) is 11.4 Å². The average Bonchev–Trinajstić information content (AvgIpc) is 3.41. The number of carbonyl (C=O) groups excluding carboxylic acids is 1. The van der Waals surface area contributed by atoms with Crippen molar-refractivity contribution in [2.75, 3.05) is 13.7 Å². The second-order valence-corrected chi connectivity index (χ2v) is 9.76. The maximum Gasteiger partial charge on any atom is 0.346 e. The van der Waals surface area contributed by atoms with Crippen LogP contribution >= 0.6 is 11.6 Å². The minimum Gasteiger partial charge on any atom is -0.490 e. The molecule has 1 atom stereocenters. The van der Waals surface area contributed by atoms with Crippen LogP contribution in [-0.2, 0) is 16.0 Å². The fourth-order valence-corrected chi connectivity index (χ4v) is 4.67. The van der Waals surface area contributed by atoms with Crippen LogP contribution in [0, 0.1) is 0 Å². The number of hydrogen-bond donors (Lipinski definition) is 0. The van der Waals surface area contributed by atoms with Gasteiger partial charge in [0.1, 0.15) is 5.58 Å². The number of halogens is 1. The highest BCUT2D eigenvalue weighted by Gasteiger charge is 2.21. The molecule has 0 spiro atoms. The molecule has 0 amide bonds. The van der Waals surface area contributed by atoms with Crippen molar-refractivity contribution in [1.82, 2.24) is 9.66 Å². The van der Waals surface area contributed by atoms with Crippen molar-refractivity contribution in [1.29, 1.82) is 0 Å². The Labute approximate surface area is 246 Å². The largest absolute Gasteiger partial charge is 0.490 e. The summed E-state index contributed by atoms with van der Waals surface area (Å²) in [5.41, 5.74) is 2.07. The lowest BCUT2D eigenvalue weighted by Gasteiger charge is -2.19. The number of methoxy groups -OCH3 is 1. The highest BCUT2D eigenvalue weighted by atomic mass is 35.5. The Morgan fingerprint density at radius 1 is 1.19 bits per heavy atom. The second kappa shape index (κ2) is 12.3. The van der Waals surface area contributed by atoms with E-state index < -0.39 is 12.1 Å². The van der Waals surface area contributed by atoms with Crippen molar-refractivity contribution in [3.05, 3.63) is 99.8 Å². The van der Waals surface area contributed by atoms with E-state index >= 15 is 0 Å². The third-order valence-electron chi connectivity index (χ3n) is 6.42. The topological polar surface area (TPSA) is 105 Å². The number of hydrogen-bond acceptors (Lipinski definition) is 8. The lowest BCUT2D eigenvalue weighted by Crippen LogP contribution is -2.25. The molecule has 42 heavy (non-hydrogen) atoms. The van der Waals surface area contributed by atoms with E-state index in [4.69, 9.17) is 35.2 Å². The number of nitrogens with zero attached hydrogens (tertiary/aromatic N) is 3. The van der Waals surface area contributed by atoms with Gasteiger partial charge < -0.3 is 18.6 Å². The maximum absolute atomic E-state index is 13.7. The number of fused-ring (bicyclic) bond motifs is 2. The molecule has 3 aromatic carbocycles. The Morgan fingerprint density at radius 3 is 2.76 bits per heavy atom. The van der Waals surface area contributed by atoms with Crippen LogP contribution in [0.2, 0.25) is 5.02 Å². The summed E-state index contributed by atoms with van der Waals surface area (Å²) in [4.78, 5) is 30.4. The number of furan rings is 1. The van der Waals surface area contributed by atoms with E-state index in [9.17, 15) is 9.59 Å². The number of ether oxygens (including phenoxy) is 3. The molecule has 9 nitrogen and oxygen atoms in total. The Hall–Kier alpha value is -4.89. The highest BCUT2D eigenvalue weighted by Crippen LogP contribution is 2.35. The van der Waals surface area contributed by atoms with Gasteiger partial charge in [-0.2, -0.15) is 9.78 Å². The van der Waals surface area contributed by atoms with Crippen LogP contribution in [0.5, 0.6) is 11.5 Å². The molecule has 0 bridgehead atoms.